The van der Waals surface area contributed by atoms with Crippen molar-refractivity contribution in [3.8, 4) is 0 Å². The van der Waals surface area contributed by atoms with Crippen LogP contribution in [0.4, 0.5) is 4.39 Å². The van der Waals surface area contributed by atoms with E-state index in [1.165, 1.54) is 19.1 Å². The van der Waals surface area contributed by atoms with E-state index >= 15 is 0 Å². The molecule has 1 amide bonds. The number of nitrogens with one attached hydrogen (secondary N) is 2. The van der Waals surface area contributed by atoms with Crippen LogP contribution in [0.15, 0.2) is 24.3 Å². The number of hydrogen-bond donors (Lipinski definition) is 2. The molecule has 0 saturated carbocycles. The van der Waals surface area contributed by atoms with Crippen molar-refractivity contribution in [1.29, 1.82) is 0 Å². The van der Waals surface area contributed by atoms with Gasteiger partial charge >= 0.3 is 0 Å². The second-order valence-electron chi connectivity index (χ2n) is 4.52. The van der Waals surface area contributed by atoms with Crippen LogP contribution in [0, 0.1) is 5.82 Å². The average molecular weight is 273 g/mol. The van der Waals surface area contributed by atoms with Crippen LogP contribution in [0.25, 0.3) is 0 Å². The van der Waals surface area contributed by atoms with Crippen molar-refractivity contribution in [3.05, 3.63) is 35.6 Å². The van der Waals surface area contributed by atoms with Crippen molar-refractivity contribution in [2.75, 3.05) is 13.1 Å². The molecule has 100 valence electrons. The first-order valence-electron chi connectivity index (χ1n) is 5.88. The van der Waals surface area contributed by atoms with Gasteiger partial charge in [0.15, 0.2) is 0 Å². The van der Waals surface area contributed by atoms with Gasteiger partial charge in [-0.2, -0.15) is 0 Å². The molecule has 1 aliphatic rings. The minimum atomic E-state index is -0.342. The molecule has 1 saturated heterocycles. The summed E-state index contributed by atoms with van der Waals surface area (Å²) in [6, 6.07) is 6.41. The lowest BCUT2D eigenvalue weighted by atomic mass is 9.81. The fourth-order valence-corrected chi connectivity index (χ4v) is 2.45. The van der Waals surface area contributed by atoms with Crippen LogP contribution in [0.2, 0.25) is 0 Å². The Morgan fingerprint density at radius 1 is 1.28 bits per heavy atom. The summed E-state index contributed by atoms with van der Waals surface area (Å²) >= 11 is 0. The predicted octanol–water partition coefficient (Wildman–Crippen LogP) is 1.96. The zero-order chi connectivity index (χ0) is 12.3. The van der Waals surface area contributed by atoms with Gasteiger partial charge in [-0.1, -0.05) is 12.1 Å². The van der Waals surface area contributed by atoms with Gasteiger partial charge < -0.3 is 10.6 Å². The van der Waals surface area contributed by atoms with Crippen LogP contribution in [0.1, 0.15) is 25.3 Å². The van der Waals surface area contributed by atoms with Gasteiger partial charge in [0.25, 0.3) is 0 Å². The van der Waals surface area contributed by atoms with E-state index < -0.39 is 0 Å². The van der Waals surface area contributed by atoms with Crippen molar-refractivity contribution < 1.29 is 9.18 Å². The van der Waals surface area contributed by atoms with Crippen molar-refractivity contribution in [1.82, 2.24) is 10.6 Å². The predicted molar refractivity (Wildman–Crippen MR) is 71.2 cm³/mol. The summed E-state index contributed by atoms with van der Waals surface area (Å²) in [7, 11) is 0. The highest BCUT2D eigenvalue weighted by molar-refractivity contribution is 5.85. The maximum atomic E-state index is 12.9. The number of halogens is 2. The number of hydrogen-bond acceptors (Lipinski definition) is 2. The Hall–Kier alpha value is -1.13. The van der Waals surface area contributed by atoms with Crippen molar-refractivity contribution in [2.45, 2.75) is 25.3 Å². The fourth-order valence-electron chi connectivity index (χ4n) is 2.45. The highest BCUT2D eigenvalue weighted by Gasteiger charge is 2.34. The highest BCUT2D eigenvalue weighted by atomic mass is 35.5. The van der Waals surface area contributed by atoms with E-state index in [0.29, 0.717) is 0 Å². The van der Waals surface area contributed by atoms with Crippen LogP contribution in [0.5, 0.6) is 0 Å². The second kappa shape index (κ2) is 6.16. The van der Waals surface area contributed by atoms with E-state index in [-0.39, 0.29) is 29.7 Å². The Balaban J connectivity index is 0.00000162. The molecule has 1 aliphatic heterocycles. The molecule has 2 N–H and O–H groups in total. The van der Waals surface area contributed by atoms with Gasteiger partial charge in [0.2, 0.25) is 5.91 Å². The Kier molecular flexibility index (Phi) is 5.11. The molecular formula is C13H18ClFN2O. The van der Waals surface area contributed by atoms with Crippen LogP contribution < -0.4 is 10.6 Å². The summed E-state index contributed by atoms with van der Waals surface area (Å²) in [4.78, 5) is 11.4. The summed E-state index contributed by atoms with van der Waals surface area (Å²) in [5, 5.41) is 6.30. The van der Waals surface area contributed by atoms with E-state index in [0.717, 1.165) is 31.5 Å². The molecular weight excluding hydrogens is 255 g/mol. The van der Waals surface area contributed by atoms with E-state index in [1.807, 2.05) is 0 Å². The molecule has 2 rings (SSSR count). The Bertz CT molecular complexity index is 402. The lowest BCUT2D eigenvalue weighted by Crippen LogP contribution is -2.51. The second-order valence-corrected chi connectivity index (χ2v) is 4.52. The molecule has 1 heterocycles. The topological polar surface area (TPSA) is 41.1 Å². The zero-order valence-electron chi connectivity index (χ0n) is 10.3. The van der Waals surface area contributed by atoms with Gasteiger partial charge in [0.1, 0.15) is 5.82 Å². The number of carbonyl (C=O) groups excluding carboxylic acids is 1. The standard InChI is InChI=1S/C13H17FN2O.ClH/c1-10(17)16-13(6-8-15-9-7-13)11-2-4-12(14)5-3-11;/h2-5,15H,6-9H2,1H3,(H,16,17);1H. The Labute approximate surface area is 113 Å². The summed E-state index contributed by atoms with van der Waals surface area (Å²) in [6.45, 7) is 3.24. The first-order valence-corrected chi connectivity index (χ1v) is 5.88. The number of benzene rings is 1. The normalized spacial score (nSPS) is 17.7. The molecule has 0 aromatic heterocycles. The quantitative estimate of drug-likeness (QED) is 0.864. The summed E-state index contributed by atoms with van der Waals surface area (Å²) in [5.41, 5.74) is 0.640. The molecule has 0 aliphatic carbocycles. The molecule has 5 heteroatoms. The largest absolute Gasteiger partial charge is 0.347 e. The molecule has 0 bridgehead atoms. The number of amides is 1. The SMILES string of the molecule is CC(=O)NC1(c2ccc(F)cc2)CCNCC1.Cl. The molecule has 18 heavy (non-hydrogen) atoms. The lowest BCUT2D eigenvalue weighted by Gasteiger charge is -2.38. The van der Waals surface area contributed by atoms with Gasteiger partial charge in [0.05, 0.1) is 5.54 Å². The molecule has 0 radical (unpaired) electrons. The van der Waals surface area contributed by atoms with Gasteiger partial charge in [-0.05, 0) is 43.6 Å². The van der Waals surface area contributed by atoms with Crippen LogP contribution in [-0.4, -0.2) is 19.0 Å². The smallest absolute Gasteiger partial charge is 0.217 e. The summed E-state index contributed by atoms with van der Waals surface area (Å²) in [5.74, 6) is -0.295. The number of piperidine rings is 1. The van der Waals surface area contributed by atoms with Gasteiger partial charge in [-0.25, -0.2) is 4.39 Å². The molecule has 0 spiro atoms. The van der Waals surface area contributed by atoms with Crippen LogP contribution in [-0.2, 0) is 10.3 Å². The Morgan fingerprint density at radius 2 is 1.83 bits per heavy atom. The number of carbonyl (C=O) groups is 1. The van der Waals surface area contributed by atoms with E-state index in [1.54, 1.807) is 12.1 Å². The zero-order valence-corrected chi connectivity index (χ0v) is 11.1. The van der Waals surface area contributed by atoms with Crippen LogP contribution in [0.3, 0.4) is 0 Å². The van der Waals surface area contributed by atoms with Gasteiger partial charge in [-0.15, -0.1) is 12.4 Å². The van der Waals surface area contributed by atoms with Crippen molar-refractivity contribution in [2.24, 2.45) is 0 Å². The van der Waals surface area contributed by atoms with Crippen molar-refractivity contribution in [3.63, 3.8) is 0 Å². The molecule has 1 aromatic rings. The van der Waals surface area contributed by atoms with Crippen LogP contribution >= 0.6 is 12.4 Å². The van der Waals surface area contributed by atoms with Crippen molar-refractivity contribution >= 4 is 18.3 Å². The van der Waals surface area contributed by atoms with Gasteiger partial charge in [-0.3, -0.25) is 4.79 Å². The maximum absolute atomic E-state index is 12.9. The van der Waals surface area contributed by atoms with E-state index in [2.05, 4.69) is 10.6 Å². The summed E-state index contributed by atoms with van der Waals surface area (Å²) < 4.78 is 12.9. The third-order valence-corrected chi connectivity index (χ3v) is 3.27. The first-order chi connectivity index (χ1) is 8.12. The monoisotopic (exact) mass is 272 g/mol. The molecule has 1 aromatic carbocycles. The highest BCUT2D eigenvalue weighted by Crippen LogP contribution is 2.30. The number of rotatable bonds is 2. The molecule has 0 atom stereocenters. The third kappa shape index (κ3) is 3.21. The van der Waals surface area contributed by atoms with E-state index in [4.69, 9.17) is 0 Å². The first kappa shape index (κ1) is 14.9. The maximum Gasteiger partial charge on any atom is 0.217 e. The molecule has 3 nitrogen and oxygen atoms in total. The Morgan fingerprint density at radius 3 is 2.33 bits per heavy atom. The van der Waals surface area contributed by atoms with Gasteiger partial charge in [0, 0.05) is 6.92 Å². The van der Waals surface area contributed by atoms with E-state index in [9.17, 15) is 9.18 Å². The molecule has 0 unspecified atom stereocenters. The third-order valence-electron chi connectivity index (χ3n) is 3.27. The average Bonchev–Trinajstić information content (AvgIpc) is 2.30. The minimum Gasteiger partial charge on any atom is -0.347 e. The fraction of sp³-hybridized carbons (Fsp3) is 0.462. The molecule has 1 fully saturated rings. The lowest BCUT2D eigenvalue weighted by molar-refractivity contribution is -0.121. The minimum absolute atomic E-state index is 0. The summed E-state index contributed by atoms with van der Waals surface area (Å²) in [6.07, 6.45) is 1.66.